The van der Waals surface area contributed by atoms with E-state index in [1.807, 2.05) is 0 Å². The number of rotatable bonds is 6. The molecule has 0 amide bonds. The van der Waals surface area contributed by atoms with E-state index < -0.39 is 16.5 Å². The molecule has 0 spiro atoms. The molecule has 0 aliphatic carbocycles. The van der Waals surface area contributed by atoms with Gasteiger partial charge in [-0.25, -0.2) is 0 Å². The van der Waals surface area contributed by atoms with Crippen molar-refractivity contribution in [3.05, 3.63) is 24.6 Å². The highest BCUT2D eigenvalue weighted by Crippen LogP contribution is 2.21. The van der Waals surface area contributed by atoms with Crippen LogP contribution in [0.3, 0.4) is 0 Å². The van der Waals surface area contributed by atoms with Crippen LogP contribution >= 0.6 is 0 Å². The Morgan fingerprint density at radius 2 is 1.36 bits per heavy atom. The second-order valence-electron chi connectivity index (χ2n) is 4.87. The zero-order chi connectivity index (χ0) is 11.4. The van der Waals surface area contributed by atoms with Gasteiger partial charge in [0.05, 0.1) is 0 Å². The standard InChI is InChI=1S/C11H25NSi2/c1-8-11-12(13(4,5)9-2)14(6,7)10-3/h9-10H,2-3,8,11H2,1,4-7H3. The van der Waals surface area contributed by atoms with Crippen molar-refractivity contribution in [3.63, 3.8) is 0 Å². The Labute approximate surface area is 91.7 Å². The lowest BCUT2D eigenvalue weighted by atomic mass is 10.5. The largest absolute Gasteiger partial charge is 0.339 e. The number of hydrogen-bond acceptors (Lipinski definition) is 1. The first-order chi connectivity index (χ1) is 6.31. The average molecular weight is 228 g/mol. The molecule has 14 heavy (non-hydrogen) atoms. The fourth-order valence-corrected chi connectivity index (χ4v) is 10.3. The van der Waals surface area contributed by atoms with Crippen LogP contribution in [0.2, 0.25) is 26.2 Å². The highest BCUT2D eigenvalue weighted by molar-refractivity contribution is 6.95. The second kappa shape index (κ2) is 5.10. The molecule has 0 N–H and O–H groups in total. The van der Waals surface area contributed by atoms with E-state index in [1.54, 1.807) is 0 Å². The van der Waals surface area contributed by atoms with Gasteiger partial charge in [0.1, 0.15) is 16.5 Å². The third-order valence-electron chi connectivity index (χ3n) is 2.84. The van der Waals surface area contributed by atoms with Gasteiger partial charge in [0.15, 0.2) is 0 Å². The smallest absolute Gasteiger partial charge is 0.139 e. The molecular formula is C11H25NSi2. The van der Waals surface area contributed by atoms with Crippen molar-refractivity contribution >= 4 is 16.5 Å². The molecule has 3 heteroatoms. The minimum absolute atomic E-state index is 1.19. The van der Waals surface area contributed by atoms with Gasteiger partial charge in [-0.2, -0.15) is 0 Å². The predicted octanol–water partition coefficient (Wildman–Crippen LogP) is 3.56. The van der Waals surface area contributed by atoms with Gasteiger partial charge in [-0.15, -0.1) is 13.2 Å². The molecule has 0 aromatic rings. The summed E-state index contributed by atoms with van der Waals surface area (Å²) in [7, 11) is -2.79. The molecule has 0 unspecified atom stereocenters. The van der Waals surface area contributed by atoms with Crippen molar-refractivity contribution in [2.75, 3.05) is 6.54 Å². The van der Waals surface area contributed by atoms with E-state index in [2.05, 4.69) is 61.9 Å². The van der Waals surface area contributed by atoms with E-state index in [0.717, 1.165) is 0 Å². The summed E-state index contributed by atoms with van der Waals surface area (Å²) in [6, 6.07) is 0. The van der Waals surface area contributed by atoms with Crippen LogP contribution in [-0.2, 0) is 0 Å². The zero-order valence-electron chi connectivity index (χ0n) is 10.4. The van der Waals surface area contributed by atoms with Crippen LogP contribution in [0.1, 0.15) is 13.3 Å². The van der Waals surface area contributed by atoms with E-state index in [9.17, 15) is 0 Å². The van der Waals surface area contributed by atoms with Crippen molar-refractivity contribution in [1.29, 1.82) is 0 Å². The first kappa shape index (κ1) is 13.9. The van der Waals surface area contributed by atoms with E-state index in [4.69, 9.17) is 0 Å². The molecule has 0 saturated heterocycles. The van der Waals surface area contributed by atoms with Crippen molar-refractivity contribution in [2.24, 2.45) is 0 Å². The summed E-state index contributed by atoms with van der Waals surface area (Å²) in [5.41, 5.74) is 4.36. The first-order valence-corrected chi connectivity index (χ1v) is 11.4. The SMILES string of the molecule is C=C[Si](C)(C)N(CCC)[Si](C)(C)C=C. The maximum atomic E-state index is 3.99. The van der Waals surface area contributed by atoms with Gasteiger partial charge < -0.3 is 4.23 Å². The van der Waals surface area contributed by atoms with Crippen molar-refractivity contribution in [1.82, 2.24) is 4.23 Å². The Morgan fingerprint density at radius 3 is 1.57 bits per heavy atom. The molecule has 0 aliphatic rings. The summed E-state index contributed by atoms with van der Waals surface area (Å²) in [5.74, 6) is 0. The molecule has 0 bridgehead atoms. The van der Waals surface area contributed by atoms with Gasteiger partial charge in [-0.05, 0) is 13.0 Å². The summed E-state index contributed by atoms with van der Waals surface area (Å²) in [5, 5.41) is 0. The molecule has 0 radical (unpaired) electrons. The Balaban J connectivity index is 4.93. The van der Waals surface area contributed by atoms with Gasteiger partial charge in [0.25, 0.3) is 0 Å². The third kappa shape index (κ3) is 3.22. The highest BCUT2D eigenvalue weighted by atomic mass is 28.4. The summed E-state index contributed by atoms with van der Waals surface area (Å²) >= 11 is 0. The van der Waals surface area contributed by atoms with E-state index in [-0.39, 0.29) is 0 Å². The highest BCUT2D eigenvalue weighted by Gasteiger charge is 2.36. The fourth-order valence-electron chi connectivity index (χ4n) is 1.76. The van der Waals surface area contributed by atoms with Crippen LogP contribution < -0.4 is 0 Å². The summed E-state index contributed by atoms with van der Waals surface area (Å²) in [6.45, 7) is 20.9. The van der Waals surface area contributed by atoms with Gasteiger partial charge >= 0.3 is 0 Å². The van der Waals surface area contributed by atoms with Crippen LogP contribution in [0.15, 0.2) is 24.6 Å². The topological polar surface area (TPSA) is 3.24 Å². The number of hydrogen-bond donors (Lipinski definition) is 0. The molecule has 0 aromatic carbocycles. The van der Waals surface area contributed by atoms with E-state index in [1.165, 1.54) is 13.0 Å². The molecule has 0 rings (SSSR count). The molecule has 0 aromatic heterocycles. The van der Waals surface area contributed by atoms with Gasteiger partial charge in [0, 0.05) is 0 Å². The van der Waals surface area contributed by atoms with Crippen molar-refractivity contribution < 1.29 is 0 Å². The van der Waals surface area contributed by atoms with E-state index in [0.29, 0.717) is 0 Å². The molecule has 0 fully saturated rings. The van der Waals surface area contributed by atoms with Crippen LogP contribution in [0, 0.1) is 0 Å². The monoisotopic (exact) mass is 227 g/mol. The lowest BCUT2D eigenvalue weighted by Gasteiger charge is -2.44. The summed E-state index contributed by atoms with van der Waals surface area (Å²) < 4.78 is 2.71. The quantitative estimate of drug-likeness (QED) is 0.627. The maximum absolute atomic E-state index is 3.99. The molecular weight excluding hydrogens is 202 g/mol. The Hall–Kier alpha value is -0.126. The number of nitrogens with zero attached hydrogens (tertiary/aromatic N) is 1. The van der Waals surface area contributed by atoms with Crippen LogP contribution in [0.25, 0.3) is 0 Å². The minimum atomic E-state index is -1.40. The Kier molecular flexibility index (Phi) is 5.05. The summed E-state index contributed by atoms with van der Waals surface area (Å²) in [6.07, 6.45) is 1.22. The van der Waals surface area contributed by atoms with E-state index >= 15 is 0 Å². The minimum Gasteiger partial charge on any atom is -0.339 e. The molecule has 0 aliphatic heterocycles. The summed E-state index contributed by atoms with van der Waals surface area (Å²) in [4.78, 5) is 0. The Morgan fingerprint density at radius 1 is 1.00 bits per heavy atom. The first-order valence-electron chi connectivity index (χ1n) is 5.36. The van der Waals surface area contributed by atoms with Crippen LogP contribution in [0.4, 0.5) is 0 Å². The fraction of sp³-hybridized carbons (Fsp3) is 0.636. The van der Waals surface area contributed by atoms with Crippen molar-refractivity contribution in [2.45, 2.75) is 39.5 Å². The lowest BCUT2D eigenvalue weighted by molar-refractivity contribution is 0.609. The van der Waals surface area contributed by atoms with Gasteiger partial charge in [0.2, 0.25) is 0 Å². The molecule has 82 valence electrons. The molecule has 0 heterocycles. The van der Waals surface area contributed by atoms with Crippen LogP contribution in [-0.4, -0.2) is 27.2 Å². The average Bonchev–Trinajstić information content (AvgIpc) is 2.13. The molecule has 0 atom stereocenters. The van der Waals surface area contributed by atoms with Crippen LogP contribution in [0.5, 0.6) is 0 Å². The normalized spacial score (nSPS) is 13.0. The van der Waals surface area contributed by atoms with Crippen molar-refractivity contribution in [3.8, 4) is 0 Å². The zero-order valence-corrected chi connectivity index (χ0v) is 12.4. The third-order valence-corrected chi connectivity index (χ3v) is 11.5. The van der Waals surface area contributed by atoms with Gasteiger partial charge in [-0.1, -0.05) is 44.5 Å². The lowest BCUT2D eigenvalue weighted by Crippen LogP contribution is -2.60. The maximum Gasteiger partial charge on any atom is 0.139 e. The van der Waals surface area contributed by atoms with Gasteiger partial charge in [-0.3, -0.25) is 0 Å². The Bertz CT molecular complexity index is 189. The predicted molar refractivity (Wildman–Crippen MR) is 72.4 cm³/mol. The second-order valence-corrected chi connectivity index (χ2v) is 13.8. The molecule has 1 nitrogen and oxygen atoms in total. The molecule has 0 saturated carbocycles.